The number of hydrogen-bond donors (Lipinski definition) is 1. The van der Waals surface area contributed by atoms with Crippen LogP contribution >= 0.6 is 0 Å². The molecule has 0 aliphatic rings. The van der Waals surface area contributed by atoms with Crippen LogP contribution in [0.1, 0.15) is 25.8 Å². The Morgan fingerprint density at radius 1 is 1.24 bits per heavy atom. The number of methoxy groups -OCH3 is 1. The SMILES string of the molecule is COC(C)(C)CC(N)Cc1cc(F)cc(F)c1. The molecule has 0 saturated heterocycles. The molecule has 1 unspecified atom stereocenters. The lowest BCUT2D eigenvalue weighted by Crippen LogP contribution is -2.35. The molecule has 96 valence electrons. The molecule has 2 nitrogen and oxygen atoms in total. The molecule has 1 aromatic carbocycles. The van der Waals surface area contributed by atoms with E-state index in [2.05, 4.69) is 0 Å². The molecule has 0 aliphatic carbocycles. The minimum absolute atomic E-state index is 0.189. The van der Waals surface area contributed by atoms with Crippen molar-refractivity contribution in [2.24, 2.45) is 5.73 Å². The molecule has 0 radical (unpaired) electrons. The number of rotatable bonds is 5. The van der Waals surface area contributed by atoms with E-state index >= 15 is 0 Å². The van der Waals surface area contributed by atoms with Crippen molar-refractivity contribution in [3.8, 4) is 0 Å². The van der Waals surface area contributed by atoms with Crippen LogP contribution in [0.2, 0.25) is 0 Å². The van der Waals surface area contributed by atoms with Crippen molar-refractivity contribution in [3.63, 3.8) is 0 Å². The summed E-state index contributed by atoms with van der Waals surface area (Å²) in [7, 11) is 1.62. The van der Waals surface area contributed by atoms with Gasteiger partial charge >= 0.3 is 0 Å². The minimum atomic E-state index is -0.571. The second-order valence-corrected chi connectivity index (χ2v) is 4.91. The van der Waals surface area contributed by atoms with E-state index in [-0.39, 0.29) is 11.6 Å². The molecule has 4 heteroatoms. The van der Waals surface area contributed by atoms with Crippen molar-refractivity contribution in [2.45, 2.75) is 38.3 Å². The molecular formula is C13H19F2NO. The fourth-order valence-electron chi connectivity index (χ4n) is 1.82. The zero-order valence-corrected chi connectivity index (χ0v) is 10.5. The molecule has 2 N–H and O–H groups in total. The van der Waals surface area contributed by atoms with Crippen LogP contribution in [-0.2, 0) is 11.2 Å². The van der Waals surface area contributed by atoms with Crippen molar-refractivity contribution < 1.29 is 13.5 Å². The number of nitrogens with two attached hydrogens (primary N) is 1. The first kappa shape index (κ1) is 14.1. The van der Waals surface area contributed by atoms with Crippen molar-refractivity contribution >= 4 is 0 Å². The van der Waals surface area contributed by atoms with E-state index in [1.54, 1.807) is 7.11 Å². The third-order valence-electron chi connectivity index (χ3n) is 2.73. The van der Waals surface area contributed by atoms with Gasteiger partial charge in [0.1, 0.15) is 11.6 Å². The highest BCUT2D eigenvalue weighted by atomic mass is 19.1. The Balaban J connectivity index is 2.65. The molecule has 0 amide bonds. The van der Waals surface area contributed by atoms with E-state index in [1.165, 1.54) is 12.1 Å². The molecule has 1 rings (SSSR count). The van der Waals surface area contributed by atoms with Gasteiger partial charge in [0.15, 0.2) is 0 Å². The Labute approximate surface area is 101 Å². The Morgan fingerprint density at radius 3 is 2.24 bits per heavy atom. The molecule has 0 bridgehead atoms. The van der Waals surface area contributed by atoms with Gasteiger partial charge in [0, 0.05) is 19.2 Å². The Hall–Kier alpha value is -1.00. The fourth-order valence-corrected chi connectivity index (χ4v) is 1.82. The van der Waals surface area contributed by atoms with Gasteiger partial charge in [-0.05, 0) is 44.4 Å². The lowest BCUT2D eigenvalue weighted by Gasteiger charge is -2.26. The molecule has 0 heterocycles. The molecule has 0 fully saturated rings. The third kappa shape index (κ3) is 4.79. The van der Waals surface area contributed by atoms with Gasteiger partial charge in [-0.3, -0.25) is 0 Å². The average molecular weight is 243 g/mol. The van der Waals surface area contributed by atoms with Crippen molar-refractivity contribution in [1.82, 2.24) is 0 Å². The predicted octanol–water partition coefficient (Wildman–Crippen LogP) is 2.65. The van der Waals surface area contributed by atoms with Crippen LogP contribution in [0.15, 0.2) is 18.2 Å². The first-order valence-electron chi connectivity index (χ1n) is 5.58. The highest BCUT2D eigenvalue weighted by molar-refractivity contribution is 5.19. The highest BCUT2D eigenvalue weighted by Gasteiger charge is 2.20. The summed E-state index contributed by atoms with van der Waals surface area (Å²) < 4.78 is 31.2. The largest absolute Gasteiger partial charge is 0.379 e. The van der Waals surface area contributed by atoms with Crippen molar-refractivity contribution in [3.05, 3.63) is 35.4 Å². The molecule has 1 aromatic rings. The molecule has 0 spiro atoms. The second-order valence-electron chi connectivity index (χ2n) is 4.91. The van der Waals surface area contributed by atoms with Crippen LogP contribution in [0, 0.1) is 11.6 Å². The van der Waals surface area contributed by atoms with Gasteiger partial charge in [-0.25, -0.2) is 8.78 Å². The maximum atomic E-state index is 13.0. The van der Waals surface area contributed by atoms with Crippen molar-refractivity contribution in [2.75, 3.05) is 7.11 Å². The number of hydrogen-bond acceptors (Lipinski definition) is 2. The number of benzene rings is 1. The van der Waals surface area contributed by atoms with Gasteiger partial charge in [-0.2, -0.15) is 0 Å². The summed E-state index contributed by atoms with van der Waals surface area (Å²) in [5.74, 6) is -1.14. The fraction of sp³-hybridized carbons (Fsp3) is 0.538. The van der Waals surface area contributed by atoms with Crippen molar-refractivity contribution in [1.29, 1.82) is 0 Å². The average Bonchev–Trinajstić information content (AvgIpc) is 2.14. The van der Waals surface area contributed by atoms with E-state index in [4.69, 9.17) is 10.5 Å². The van der Waals surface area contributed by atoms with E-state index in [1.807, 2.05) is 13.8 Å². The van der Waals surface area contributed by atoms with Crippen LogP contribution in [0.4, 0.5) is 8.78 Å². The summed E-state index contributed by atoms with van der Waals surface area (Å²) in [6.07, 6.45) is 1.06. The summed E-state index contributed by atoms with van der Waals surface area (Å²) in [5, 5.41) is 0. The molecule has 0 saturated carbocycles. The molecule has 0 aliphatic heterocycles. The zero-order chi connectivity index (χ0) is 13.1. The second kappa shape index (κ2) is 5.56. The summed E-state index contributed by atoms with van der Waals surface area (Å²) in [4.78, 5) is 0. The number of ether oxygens (including phenoxy) is 1. The normalized spacial score (nSPS) is 13.8. The van der Waals surface area contributed by atoms with E-state index in [0.29, 0.717) is 18.4 Å². The quantitative estimate of drug-likeness (QED) is 0.862. The van der Waals surface area contributed by atoms with Gasteiger partial charge < -0.3 is 10.5 Å². The van der Waals surface area contributed by atoms with Crippen LogP contribution in [0.5, 0.6) is 0 Å². The summed E-state index contributed by atoms with van der Waals surface area (Å²) in [6.45, 7) is 3.86. The molecule has 0 aromatic heterocycles. The van der Waals surface area contributed by atoms with E-state index in [0.717, 1.165) is 6.07 Å². The maximum absolute atomic E-state index is 13.0. The van der Waals surface area contributed by atoms with Gasteiger partial charge in [0.25, 0.3) is 0 Å². The van der Waals surface area contributed by atoms with Crippen LogP contribution in [-0.4, -0.2) is 18.8 Å². The van der Waals surface area contributed by atoms with Crippen LogP contribution in [0.25, 0.3) is 0 Å². The topological polar surface area (TPSA) is 35.2 Å². The molecular weight excluding hydrogens is 224 g/mol. The monoisotopic (exact) mass is 243 g/mol. The summed E-state index contributed by atoms with van der Waals surface area (Å²) >= 11 is 0. The first-order valence-corrected chi connectivity index (χ1v) is 5.58. The standard InChI is InChI=1S/C13H19F2NO/c1-13(2,17-3)8-12(16)6-9-4-10(14)7-11(15)5-9/h4-5,7,12H,6,8,16H2,1-3H3. The maximum Gasteiger partial charge on any atom is 0.126 e. The lowest BCUT2D eigenvalue weighted by molar-refractivity contribution is 0.0102. The predicted molar refractivity (Wildman–Crippen MR) is 63.7 cm³/mol. The summed E-state index contributed by atoms with van der Waals surface area (Å²) in [6, 6.07) is 3.28. The Bertz CT molecular complexity index is 359. The van der Waals surface area contributed by atoms with E-state index < -0.39 is 11.6 Å². The van der Waals surface area contributed by atoms with Gasteiger partial charge in [-0.15, -0.1) is 0 Å². The highest BCUT2D eigenvalue weighted by Crippen LogP contribution is 2.18. The zero-order valence-electron chi connectivity index (χ0n) is 10.5. The Kier molecular flexibility index (Phi) is 4.60. The number of halogens is 2. The summed E-state index contributed by atoms with van der Waals surface area (Å²) in [5.41, 5.74) is 6.19. The van der Waals surface area contributed by atoms with Gasteiger partial charge in [0.2, 0.25) is 0 Å². The smallest absolute Gasteiger partial charge is 0.126 e. The Morgan fingerprint density at radius 2 is 1.76 bits per heavy atom. The van der Waals surface area contributed by atoms with Gasteiger partial charge in [-0.1, -0.05) is 0 Å². The first-order chi connectivity index (χ1) is 7.82. The van der Waals surface area contributed by atoms with Gasteiger partial charge in [0.05, 0.1) is 5.60 Å². The minimum Gasteiger partial charge on any atom is -0.379 e. The van der Waals surface area contributed by atoms with Crippen LogP contribution < -0.4 is 5.73 Å². The third-order valence-corrected chi connectivity index (χ3v) is 2.73. The van der Waals surface area contributed by atoms with Crippen LogP contribution in [0.3, 0.4) is 0 Å². The molecule has 17 heavy (non-hydrogen) atoms. The molecule has 1 atom stereocenters. The lowest BCUT2D eigenvalue weighted by atomic mass is 9.94. The van der Waals surface area contributed by atoms with E-state index in [9.17, 15) is 8.78 Å².